The Morgan fingerprint density at radius 1 is 1.28 bits per heavy atom. The summed E-state index contributed by atoms with van der Waals surface area (Å²) in [7, 11) is 0. The van der Waals surface area contributed by atoms with Crippen molar-refractivity contribution < 1.29 is 0 Å². The van der Waals surface area contributed by atoms with Crippen LogP contribution in [0.5, 0.6) is 0 Å². The largest absolute Gasteiger partial charge is 0.264 e. The fourth-order valence-corrected chi connectivity index (χ4v) is 2.60. The van der Waals surface area contributed by atoms with Crippen LogP contribution in [0.15, 0.2) is 12.4 Å². The van der Waals surface area contributed by atoms with Crippen LogP contribution in [0.1, 0.15) is 25.5 Å². The minimum absolute atomic E-state index is 0.284. The summed E-state index contributed by atoms with van der Waals surface area (Å²) in [5.41, 5.74) is 1.58. The maximum absolute atomic E-state index is 5.82. The van der Waals surface area contributed by atoms with Gasteiger partial charge in [-0.3, -0.25) is 4.40 Å². The number of hydrogen-bond donors (Lipinski definition) is 0. The fraction of sp³-hybridized carbons (Fsp3) is 0.300. The molecule has 0 bridgehead atoms. The van der Waals surface area contributed by atoms with Gasteiger partial charge in [0.25, 0.3) is 0 Å². The first-order valence-electron chi connectivity index (χ1n) is 5.35. The highest BCUT2D eigenvalue weighted by atomic mass is 35.5. The number of nitrogens with zero attached hydrogens (tertiary/aromatic N) is 6. The molecule has 0 aromatic carbocycles. The van der Waals surface area contributed by atoms with E-state index in [1.165, 1.54) is 11.5 Å². The van der Waals surface area contributed by atoms with Crippen molar-refractivity contribution in [3.63, 3.8) is 0 Å². The van der Waals surface area contributed by atoms with Gasteiger partial charge in [-0.2, -0.15) is 0 Å². The van der Waals surface area contributed by atoms with Crippen LogP contribution in [0.25, 0.3) is 16.3 Å². The van der Waals surface area contributed by atoms with Gasteiger partial charge in [-0.1, -0.05) is 29.9 Å². The van der Waals surface area contributed by atoms with Gasteiger partial charge in [0, 0.05) is 6.07 Å². The lowest BCUT2D eigenvalue weighted by atomic mass is 10.1. The quantitative estimate of drug-likeness (QED) is 0.674. The van der Waals surface area contributed by atoms with Gasteiger partial charge in [0.05, 0.1) is 5.69 Å². The summed E-state index contributed by atoms with van der Waals surface area (Å²) in [5, 5.41) is 12.8. The molecule has 0 aliphatic carbocycles. The summed E-state index contributed by atoms with van der Waals surface area (Å²) < 4.78 is 5.77. The molecule has 0 radical (unpaired) electrons. The molecule has 3 aromatic rings. The predicted octanol–water partition coefficient (Wildman–Crippen LogP) is 2.42. The van der Waals surface area contributed by atoms with Crippen LogP contribution in [0.2, 0.25) is 5.15 Å². The Morgan fingerprint density at radius 2 is 2.11 bits per heavy atom. The summed E-state index contributed by atoms with van der Waals surface area (Å²) in [6.45, 7) is 4.14. The van der Waals surface area contributed by atoms with Gasteiger partial charge in [0.15, 0.2) is 11.5 Å². The molecule has 0 aliphatic rings. The van der Waals surface area contributed by atoms with Crippen LogP contribution >= 0.6 is 23.1 Å². The van der Waals surface area contributed by atoms with Crippen molar-refractivity contribution in [3.05, 3.63) is 23.2 Å². The van der Waals surface area contributed by atoms with Gasteiger partial charge in [-0.15, -0.1) is 15.3 Å². The Hall–Kier alpha value is -1.60. The van der Waals surface area contributed by atoms with Crippen LogP contribution in [0.4, 0.5) is 0 Å². The molecule has 8 heteroatoms. The molecule has 0 saturated carbocycles. The molecule has 18 heavy (non-hydrogen) atoms. The Balaban J connectivity index is 2.23. The molecule has 3 rings (SSSR count). The summed E-state index contributed by atoms with van der Waals surface area (Å²) in [4.78, 5) is 4.95. The van der Waals surface area contributed by atoms with Gasteiger partial charge < -0.3 is 0 Å². The Morgan fingerprint density at radius 3 is 2.89 bits per heavy atom. The van der Waals surface area contributed by atoms with Gasteiger partial charge in [0.1, 0.15) is 16.4 Å². The minimum Gasteiger partial charge on any atom is -0.264 e. The average molecular weight is 281 g/mol. The molecule has 0 spiro atoms. The van der Waals surface area contributed by atoms with Crippen LogP contribution in [0.3, 0.4) is 0 Å². The minimum atomic E-state index is 0.284. The van der Waals surface area contributed by atoms with E-state index in [-0.39, 0.29) is 5.92 Å². The smallest absolute Gasteiger partial charge is 0.183 e. The topological polar surface area (TPSA) is 68.9 Å². The van der Waals surface area contributed by atoms with E-state index in [4.69, 9.17) is 11.6 Å². The van der Waals surface area contributed by atoms with E-state index in [0.717, 1.165) is 10.6 Å². The number of fused-ring (bicyclic) bond motifs is 1. The Bertz CT molecular complexity index is 703. The average Bonchev–Trinajstić information content (AvgIpc) is 2.92. The molecule has 0 aliphatic heterocycles. The number of rotatable bonds is 2. The second-order valence-electron chi connectivity index (χ2n) is 4.11. The fourth-order valence-electron chi connectivity index (χ4n) is 1.66. The molecule has 3 heterocycles. The monoisotopic (exact) mass is 280 g/mol. The second-order valence-corrected chi connectivity index (χ2v) is 5.25. The molecule has 0 fully saturated rings. The van der Waals surface area contributed by atoms with Gasteiger partial charge in [-0.25, -0.2) is 4.98 Å². The summed E-state index contributed by atoms with van der Waals surface area (Å²) in [6, 6.07) is 1.67. The molecular weight excluding hydrogens is 272 g/mol. The lowest BCUT2D eigenvalue weighted by molar-refractivity contribution is 0.812. The molecular formula is C10H9ClN6S. The molecule has 3 aromatic heterocycles. The Labute approximate surface area is 112 Å². The van der Waals surface area contributed by atoms with E-state index in [1.54, 1.807) is 16.8 Å². The molecule has 0 atom stereocenters. The third-order valence-electron chi connectivity index (χ3n) is 2.53. The zero-order valence-electron chi connectivity index (χ0n) is 9.70. The maximum atomic E-state index is 5.82. The number of halogens is 1. The highest BCUT2D eigenvalue weighted by Gasteiger charge is 2.18. The van der Waals surface area contributed by atoms with Crippen molar-refractivity contribution in [1.29, 1.82) is 0 Å². The van der Waals surface area contributed by atoms with Crippen LogP contribution in [-0.2, 0) is 0 Å². The van der Waals surface area contributed by atoms with E-state index in [2.05, 4.69) is 38.6 Å². The highest BCUT2D eigenvalue weighted by molar-refractivity contribution is 7.09. The van der Waals surface area contributed by atoms with Crippen LogP contribution in [-0.4, -0.2) is 29.2 Å². The van der Waals surface area contributed by atoms with E-state index < -0.39 is 0 Å². The summed E-state index contributed by atoms with van der Waals surface area (Å²) >= 11 is 7.13. The van der Waals surface area contributed by atoms with Crippen molar-refractivity contribution >= 4 is 28.8 Å². The van der Waals surface area contributed by atoms with Crippen LogP contribution < -0.4 is 0 Å². The van der Waals surface area contributed by atoms with Gasteiger partial charge >= 0.3 is 0 Å². The molecule has 0 N–H and O–H groups in total. The first-order valence-corrected chi connectivity index (χ1v) is 6.51. The van der Waals surface area contributed by atoms with Gasteiger partial charge in [-0.05, 0) is 17.5 Å². The van der Waals surface area contributed by atoms with E-state index in [0.29, 0.717) is 16.6 Å². The number of hydrogen-bond acceptors (Lipinski definition) is 6. The first kappa shape index (κ1) is 11.5. The Kier molecular flexibility index (Phi) is 2.71. The summed E-state index contributed by atoms with van der Waals surface area (Å²) in [6.07, 6.45) is 1.61. The lowest BCUT2D eigenvalue weighted by Crippen LogP contribution is -1.95. The van der Waals surface area contributed by atoms with E-state index in [1.807, 2.05) is 0 Å². The summed E-state index contributed by atoms with van der Waals surface area (Å²) in [5.74, 6) is 0.985. The zero-order chi connectivity index (χ0) is 12.7. The van der Waals surface area contributed by atoms with Crippen LogP contribution in [0, 0.1) is 0 Å². The number of aromatic nitrogens is 6. The van der Waals surface area contributed by atoms with Crippen molar-refractivity contribution in [2.75, 3.05) is 0 Å². The first-order chi connectivity index (χ1) is 8.66. The van der Waals surface area contributed by atoms with Crippen molar-refractivity contribution in [2.45, 2.75) is 19.8 Å². The maximum Gasteiger partial charge on any atom is 0.183 e. The third kappa shape index (κ3) is 1.75. The van der Waals surface area contributed by atoms with Crippen molar-refractivity contribution in [1.82, 2.24) is 29.2 Å². The highest BCUT2D eigenvalue weighted by Crippen LogP contribution is 2.29. The van der Waals surface area contributed by atoms with Crippen molar-refractivity contribution in [2.24, 2.45) is 0 Å². The van der Waals surface area contributed by atoms with E-state index >= 15 is 0 Å². The second kappa shape index (κ2) is 4.25. The lowest BCUT2D eigenvalue weighted by Gasteiger charge is -2.02. The van der Waals surface area contributed by atoms with Crippen molar-refractivity contribution in [3.8, 4) is 10.7 Å². The zero-order valence-corrected chi connectivity index (χ0v) is 11.3. The normalized spacial score (nSPS) is 11.6. The van der Waals surface area contributed by atoms with Gasteiger partial charge in [0.2, 0.25) is 0 Å². The molecule has 0 unspecified atom stereocenters. The van der Waals surface area contributed by atoms with E-state index in [9.17, 15) is 0 Å². The SMILES string of the molecule is CC(C)c1nnsc1-c1nnc2cc(Cl)ncn12. The standard InChI is InChI=1S/C10H9ClN6S/c1-5(2)8-9(18-16-14-8)10-15-13-7-3-6(11)12-4-17(7)10/h3-5H,1-2H3. The predicted molar refractivity (Wildman–Crippen MR) is 68.8 cm³/mol. The molecule has 0 amide bonds. The molecule has 0 saturated heterocycles. The molecule has 92 valence electrons. The molecule has 6 nitrogen and oxygen atoms in total. The third-order valence-corrected chi connectivity index (χ3v) is 3.47.